The predicted octanol–water partition coefficient (Wildman–Crippen LogP) is 2.97. The summed E-state index contributed by atoms with van der Waals surface area (Å²) in [5.74, 6) is 1.09. The molecule has 1 aliphatic rings. The summed E-state index contributed by atoms with van der Waals surface area (Å²) in [6.07, 6.45) is 8.47. The molecular weight excluding hydrogens is 294 g/mol. The maximum Gasteiger partial charge on any atom is 0.238 e. The first-order valence-corrected chi connectivity index (χ1v) is 7.04. The summed E-state index contributed by atoms with van der Waals surface area (Å²) in [4.78, 5) is 15.5. The van der Waals surface area contributed by atoms with Crippen molar-refractivity contribution in [3.63, 3.8) is 0 Å². The minimum atomic E-state index is -0.0714. The van der Waals surface area contributed by atoms with Gasteiger partial charge in [0.25, 0.3) is 0 Å². The van der Waals surface area contributed by atoms with Gasteiger partial charge in [0.15, 0.2) is 5.82 Å². The van der Waals surface area contributed by atoms with Crippen molar-refractivity contribution < 1.29 is 9.52 Å². The molecule has 0 aromatic carbocycles. The van der Waals surface area contributed by atoms with Crippen molar-refractivity contribution in [1.29, 1.82) is 0 Å². The molecule has 4 rings (SSSR count). The molecule has 0 amide bonds. The van der Waals surface area contributed by atoms with Crippen molar-refractivity contribution in [2.45, 2.75) is 6.54 Å². The Kier molecular flexibility index (Phi) is 3.16. The average Bonchev–Trinajstić information content (AvgIpc) is 3.28. The van der Waals surface area contributed by atoms with Gasteiger partial charge in [0.05, 0.1) is 12.5 Å². The van der Waals surface area contributed by atoms with Crippen LogP contribution in [-0.2, 0) is 6.54 Å². The van der Waals surface area contributed by atoms with Crippen LogP contribution in [0.4, 0.5) is 11.8 Å². The average molecular weight is 307 g/mol. The van der Waals surface area contributed by atoms with Gasteiger partial charge in [-0.2, -0.15) is 4.98 Å². The van der Waals surface area contributed by atoms with Crippen LogP contribution in [0.15, 0.2) is 46.3 Å². The number of nitrogens with zero attached hydrogens (tertiary/aromatic N) is 3. The molecule has 114 valence electrons. The number of rotatable bonds is 4. The third-order valence-corrected chi connectivity index (χ3v) is 3.48. The predicted molar refractivity (Wildman–Crippen MR) is 86.5 cm³/mol. The molecule has 0 saturated carbocycles. The second-order valence-electron chi connectivity index (χ2n) is 5.04. The van der Waals surface area contributed by atoms with Crippen molar-refractivity contribution in [1.82, 2.24) is 15.0 Å². The summed E-state index contributed by atoms with van der Waals surface area (Å²) in [7, 11) is 0. The van der Waals surface area contributed by atoms with Crippen LogP contribution in [0.1, 0.15) is 16.8 Å². The topological polar surface area (TPSA) is 99.3 Å². The van der Waals surface area contributed by atoms with Crippen molar-refractivity contribution in [2.75, 3.05) is 5.32 Å². The Morgan fingerprint density at radius 3 is 3.17 bits per heavy atom. The molecule has 0 bridgehead atoms. The maximum absolute atomic E-state index is 9.99. The number of aromatic hydroxyl groups is 1. The number of aliphatic imine (C=N–C) groups is 1. The van der Waals surface area contributed by atoms with E-state index >= 15 is 0 Å². The fraction of sp³-hybridized carbons (Fsp3) is 0.0625. The summed E-state index contributed by atoms with van der Waals surface area (Å²) >= 11 is 0. The van der Waals surface area contributed by atoms with Crippen LogP contribution >= 0.6 is 0 Å². The summed E-state index contributed by atoms with van der Waals surface area (Å²) in [6, 6.07) is 5.65. The van der Waals surface area contributed by atoms with E-state index in [1.165, 1.54) is 0 Å². The molecule has 23 heavy (non-hydrogen) atoms. The number of anilines is 1. The van der Waals surface area contributed by atoms with E-state index in [0.717, 1.165) is 16.7 Å². The number of hydrogen-bond acceptors (Lipinski definition) is 6. The first-order chi connectivity index (χ1) is 11.3. The van der Waals surface area contributed by atoms with Crippen LogP contribution < -0.4 is 5.32 Å². The Morgan fingerprint density at radius 1 is 1.35 bits per heavy atom. The lowest BCUT2D eigenvalue weighted by atomic mass is 10.1. The number of aromatic nitrogens is 3. The fourth-order valence-electron chi connectivity index (χ4n) is 2.34. The Hall–Kier alpha value is -3.35. The molecule has 3 N–H and O–H groups in total. The lowest BCUT2D eigenvalue weighted by Gasteiger charge is -1.99. The van der Waals surface area contributed by atoms with Crippen molar-refractivity contribution in [3.8, 4) is 5.88 Å². The molecule has 7 heteroatoms. The van der Waals surface area contributed by atoms with Gasteiger partial charge in [-0.1, -0.05) is 0 Å². The highest BCUT2D eigenvalue weighted by atomic mass is 16.3. The number of allylic oxidation sites excluding steroid dienone is 1. The first-order valence-electron chi connectivity index (χ1n) is 7.04. The molecule has 0 spiro atoms. The fourth-order valence-corrected chi connectivity index (χ4v) is 2.34. The molecule has 0 aliphatic carbocycles. The molecule has 1 aliphatic heterocycles. The molecule has 0 unspecified atom stereocenters. The SMILES string of the molecule is Oc1nc(NCc2ccoc2)[nH]c1C=C1C=Nc2ncccc21. The van der Waals surface area contributed by atoms with Crippen LogP contribution in [0, 0.1) is 0 Å². The third kappa shape index (κ3) is 2.59. The molecule has 0 saturated heterocycles. The number of imidazole rings is 1. The van der Waals surface area contributed by atoms with E-state index < -0.39 is 0 Å². The van der Waals surface area contributed by atoms with Gasteiger partial charge in [-0.05, 0) is 24.3 Å². The van der Waals surface area contributed by atoms with Gasteiger partial charge in [-0.3, -0.25) is 0 Å². The summed E-state index contributed by atoms with van der Waals surface area (Å²) in [5.41, 5.74) is 3.30. The lowest BCUT2D eigenvalue weighted by molar-refractivity contribution is 0.455. The summed E-state index contributed by atoms with van der Waals surface area (Å²) in [6.45, 7) is 0.549. The van der Waals surface area contributed by atoms with Crippen LogP contribution in [0.5, 0.6) is 5.88 Å². The second-order valence-corrected chi connectivity index (χ2v) is 5.04. The first kappa shape index (κ1) is 13.3. The molecule has 3 aromatic rings. The highest BCUT2D eigenvalue weighted by molar-refractivity contribution is 6.20. The van der Waals surface area contributed by atoms with Crippen molar-refractivity contribution in [3.05, 3.63) is 53.7 Å². The normalized spacial score (nSPS) is 14.3. The van der Waals surface area contributed by atoms with Gasteiger partial charge in [-0.25, -0.2) is 9.98 Å². The zero-order chi connectivity index (χ0) is 15.6. The van der Waals surface area contributed by atoms with Gasteiger partial charge in [0.2, 0.25) is 11.8 Å². The number of hydrogen-bond donors (Lipinski definition) is 3. The molecule has 7 nitrogen and oxygen atoms in total. The van der Waals surface area contributed by atoms with Gasteiger partial charge in [-0.15, -0.1) is 0 Å². The molecule has 0 fully saturated rings. The maximum atomic E-state index is 9.99. The van der Waals surface area contributed by atoms with Crippen LogP contribution in [0.25, 0.3) is 11.6 Å². The van der Waals surface area contributed by atoms with E-state index in [1.54, 1.807) is 31.0 Å². The van der Waals surface area contributed by atoms with Crippen molar-refractivity contribution in [2.24, 2.45) is 4.99 Å². The van der Waals surface area contributed by atoms with E-state index in [1.807, 2.05) is 18.2 Å². The Morgan fingerprint density at radius 2 is 2.30 bits per heavy atom. The number of furan rings is 1. The quantitative estimate of drug-likeness (QED) is 0.688. The van der Waals surface area contributed by atoms with E-state index in [9.17, 15) is 5.11 Å². The minimum absolute atomic E-state index is 0.0714. The molecule has 3 aromatic heterocycles. The largest absolute Gasteiger partial charge is 0.492 e. The van der Waals surface area contributed by atoms with Gasteiger partial charge >= 0.3 is 0 Å². The van der Waals surface area contributed by atoms with E-state index in [-0.39, 0.29) is 5.88 Å². The highest BCUT2D eigenvalue weighted by Gasteiger charge is 2.14. The van der Waals surface area contributed by atoms with Crippen LogP contribution in [0.3, 0.4) is 0 Å². The van der Waals surface area contributed by atoms with Crippen LogP contribution in [-0.4, -0.2) is 26.3 Å². The number of H-pyrrole nitrogens is 1. The standard InChI is InChI=1S/C16H13N5O2/c22-15-13(6-11-8-18-14-12(11)2-1-4-17-14)20-16(21-15)19-7-10-3-5-23-9-10/h1-6,8-9,22H,7H2,(H2,19,20,21). The molecular formula is C16H13N5O2. The number of pyridine rings is 1. The Balaban J connectivity index is 1.56. The van der Waals surface area contributed by atoms with E-state index in [4.69, 9.17) is 4.42 Å². The zero-order valence-corrected chi connectivity index (χ0v) is 12.0. The Labute approximate surface area is 131 Å². The third-order valence-electron chi connectivity index (χ3n) is 3.48. The Bertz CT molecular complexity index is 893. The molecule has 4 heterocycles. The zero-order valence-electron chi connectivity index (χ0n) is 12.0. The lowest BCUT2D eigenvalue weighted by Crippen LogP contribution is -1.99. The molecule has 0 atom stereocenters. The monoisotopic (exact) mass is 307 g/mol. The number of nitrogens with one attached hydrogen (secondary N) is 2. The summed E-state index contributed by atoms with van der Waals surface area (Å²) in [5, 5.41) is 13.1. The van der Waals surface area contributed by atoms with Gasteiger partial charge < -0.3 is 19.8 Å². The smallest absolute Gasteiger partial charge is 0.238 e. The second kappa shape index (κ2) is 5.45. The number of aromatic amines is 1. The van der Waals surface area contributed by atoms with Gasteiger partial charge in [0.1, 0.15) is 5.69 Å². The summed E-state index contributed by atoms with van der Waals surface area (Å²) < 4.78 is 5.00. The van der Waals surface area contributed by atoms with E-state index in [0.29, 0.717) is 24.0 Å². The van der Waals surface area contributed by atoms with Gasteiger partial charge in [0, 0.05) is 35.7 Å². The number of fused-ring (bicyclic) bond motifs is 1. The van der Waals surface area contributed by atoms with Crippen LogP contribution in [0.2, 0.25) is 0 Å². The minimum Gasteiger partial charge on any atom is -0.492 e. The molecule has 0 radical (unpaired) electrons. The highest BCUT2D eigenvalue weighted by Crippen LogP contribution is 2.31. The van der Waals surface area contributed by atoms with E-state index in [2.05, 4.69) is 25.3 Å². The van der Waals surface area contributed by atoms with Crippen molar-refractivity contribution >= 4 is 29.6 Å².